The molecule has 188 valence electrons. The second-order valence-corrected chi connectivity index (χ2v) is 8.84. The van der Waals surface area contributed by atoms with Crippen LogP contribution in [0.25, 0.3) is 10.9 Å². The number of hydrogen-bond acceptors (Lipinski definition) is 6. The Labute approximate surface area is 212 Å². The molecular formula is C28H25FN4O4. The van der Waals surface area contributed by atoms with Gasteiger partial charge in [-0.15, -0.1) is 0 Å². The maximum atomic E-state index is 13.5. The van der Waals surface area contributed by atoms with E-state index in [1.165, 1.54) is 18.2 Å². The van der Waals surface area contributed by atoms with Crippen LogP contribution in [0.1, 0.15) is 28.9 Å². The predicted octanol–water partition coefficient (Wildman–Crippen LogP) is 2.42. The molecule has 3 atom stereocenters. The molecule has 9 heteroatoms. The Balaban J connectivity index is 1.58. The molecule has 1 aliphatic heterocycles. The largest absolute Gasteiger partial charge is 0.379 e. The fourth-order valence-electron chi connectivity index (χ4n) is 4.50. The summed E-state index contributed by atoms with van der Waals surface area (Å²) in [5, 5.41) is 9.67. The Bertz CT molecular complexity index is 1390. The van der Waals surface area contributed by atoms with Crippen LogP contribution in [0.4, 0.5) is 4.39 Å². The quantitative estimate of drug-likeness (QED) is 0.318. The number of benzene rings is 2. The molecule has 4 rings (SSSR count). The van der Waals surface area contributed by atoms with Crippen molar-refractivity contribution in [3.05, 3.63) is 89.1 Å². The SMILES string of the molecule is O=C=CC(C[C@@H]1CCNC1=C=O)NC(=C=O)C(Cc1ccc(F)cc1)NC(=O)c1cc2ccccc2[nH]1. The second kappa shape index (κ2) is 11.8. The topological polar surface area (TPSA) is 120 Å². The van der Waals surface area contributed by atoms with Crippen molar-refractivity contribution >= 4 is 34.6 Å². The third-order valence-electron chi connectivity index (χ3n) is 6.37. The molecule has 3 aromatic rings. The molecule has 0 saturated carbocycles. The zero-order chi connectivity index (χ0) is 26.2. The van der Waals surface area contributed by atoms with E-state index in [9.17, 15) is 23.6 Å². The van der Waals surface area contributed by atoms with Crippen LogP contribution in [0, 0.1) is 11.7 Å². The molecule has 2 unspecified atom stereocenters. The first kappa shape index (κ1) is 25.4. The van der Waals surface area contributed by atoms with Crippen molar-refractivity contribution in [3.63, 3.8) is 0 Å². The Kier molecular flexibility index (Phi) is 8.14. The summed E-state index contributed by atoms with van der Waals surface area (Å²) < 4.78 is 13.5. The third kappa shape index (κ3) is 6.31. The first-order valence-electron chi connectivity index (χ1n) is 11.8. The van der Waals surface area contributed by atoms with Gasteiger partial charge in [-0.1, -0.05) is 30.3 Å². The van der Waals surface area contributed by atoms with Crippen molar-refractivity contribution < 1.29 is 23.6 Å². The van der Waals surface area contributed by atoms with Gasteiger partial charge in [-0.05, 0) is 49.1 Å². The van der Waals surface area contributed by atoms with Crippen LogP contribution in [0.15, 0.2) is 72.1 Å². The smallest absolute Gasteiger partial charge is 0.268 e. The highest BCUT2D eigenvalue weighted by molar-refractivity contribution is 5.98. The maximum absolute atomic E-state index is 13.5. The molecule has 37 heavy (non-hydrogen) atoms. The van der Waals surface area contributed by atoms with Crippen LogP contribution in [-0.4, -0.2) is 47.3 Å². The van der Waals surface area contributed by atoms with Crippen LogP contribution in [0.3, 0.4) is 0 Å². The number of carbonyl (C=O) groups excluding carboxylic acids is 4. The molecule has 8 nitrogen and oxygen atoms in total. The fourth-order valence-corrected chi connectivity index (χ4v) is 4.50. The van der Waals surface area contributed by atoms with E-state index < -0.39 is 23.8 Å². The average molecular weight is 501 g/mol. The van der Waals surface area contributed by atoms with Crippen molar-refractivity contribution in [2.45, 2.75) is 31.3 Å². The van der Waals surface area contributed by atoms with E-state index >= 15 is 0 Å². The Morgan fingerprint density at radius 1 is 1.11 bits per heavy atom. The molecule has 2 heterocycles. The van der Waals surface area contributed by atoms with Crippen LogP contribution in [0.5, 0.6) is 0 Å². The summed E-state index contributed by atoms with van der Waals surface area (Å²) in [5.41, 5.74) is 2.18. The lowest BCUT2D eigenvalue weighted by Gasteiger charge is -2.25. The minimum Gasteiger partial charge on any atom is -0.379 e. The number of aromatic nitrogens is 1. The number of aromatic amines is 1. The van der Waals surface area contributed by atoms with Gasteiger partial charge in [-0.25, -0.2) is 18.8 Å². The maximum Gasteiger partial charge on any atom is 0.268 e. The monoisotopic (exact) mass is 500 g/mol. The summed E-state index contributed by atoms with van der Waals surface area (Å²) in [6, 6.07) is 13.3. The minimum absolute atomic E-state index is 0.00729. The molecule has 0 bridgehead atoms. The summed E-state index contributed by atoms with van der Waals surface area (Å²) in [6.07, 6.45) is 2.39. The van der Waals surface area contributed by atoms with Gasteiger partial charge < -0.3 is 20.9 Å². The highest BCUT2D eigenvalue weighted by Crippen LogP contribution is 2.23. The van der Waals surface area contributed by atoms with Gasteiger partial charge in [0.05, 0.1) is 17.8 Å². The number of H-pyrrole nitrogens is 1. The Morgan fingerprint density at radius 3 is 2.59 bits per heavy atom. The molecule has 1 fully saturated rings. The van der Waals surface area contributed by atoms with Gasteiger partial charge in [-0.3, -0.25) is 4.79 Å². The Hall–Kier alpha value is -4.67. The number of fused-ring (bicyclic) bond motifs is 1. The number of hydrogen-bond donors (Lipinski definition) is 4. The number of rotatable bonds is 10. The summed E-state index contributed by atoms with van der Waals surface area (Å²) in [6.45, 7) is 0.608. The van der Waals surface area contributed by atoms with E-state index in [0.29, 0.717) is 36.3 Å². The molecule has 0 aliphatic carbocycles. The van der Waals surface area contributed by atoms with Gasteiger partial charge >= 0.3 is 0 Å². The van der Waals surface area contributed by atoms with Gasteiger partial charge in [-0.2, -0.15) is 0 Å². The van der Waals surface area contributed by atoms with Crippen LogP contribution < -0.4 is 16.0 Å². The highest BCUT2D eigenvalue weighted by Gasteiger charge is 2.27. The third-order valence-corrected chi connectivity index (χ3v) is 6.37. The molecule has 1 aliphatic rings. The predicted molar refractivity (Wildman–Crippen MR) is 136 cm³/mol. The summed E-state index contributed by atoms with van der Waals surface area (Å²) in [7, 11) is 0. The number of nitrogens with one attached hydrogen (secondary N) is 4. The van der Waals surface area contributed by atoms with Gasteiger partial charge in [0.15, 0.2) is 0 Å². The number of halogens is 1. The number of carbonyl (C=O) groups is 1. The van der Waals surface area contributed by atoms with Crippen molar-refractivity contribution in [2.75, 3.05) is 6.54 Å². The lowest BCUT2D eigenvalue weighted by atomic mass is 9.95. The van der Waals surface area contributed by atoms with E-state index in [-0.39, 0.29) is 18.0 Å². The summed E-state index contributed by atoms with van der Waals surface area (Å²) in [4.78, 5) is 50.8. The molecule has 0 spiro atoms. The Morgan fingerprint density at radius 2 is 1.89 bits per heavy atom. The van der Waals surface area contributed by atoms with Crippen molar-refractivity contribution in [2.24, 2.45) is 5.92 Å². The second-order valence-electron chi connectivity index (χ2n) is 8.84. The van der Waals surface area contributed by atoms with E-state index in [2.05, 4.69) is 20.9 Å². The van der Waals surface area contributed by atoms with E-state index in [1.807, 2.05) is 36.1 Å². The molecule has 2 aromatic carbocycles. The van der Waals surface area contributed by atoms with Crippen molar-refractivity contribution in [1.29, 1.82) is 0 Å². The molecule has 1 amide bonds. The fraction of sp³-hybridized carbons (Fsp3) is 0.250. The lowest BCUT2D eigenvalue weighted by Crippen LogP contribution is -2.45. The zero-order valence-electron chi connectivity index (χ0n) is 19.8. The van der Waals surface area contributed by atoms with Crippen molar-refractivity contribution in [1.82, 2.24) is 20.9 Å². The summed E-state index contributed by atoms with van der Waals surface area (Å²) >= 11 is 0. The van der Waals surface area contributed by atoms with Gasteiger partial charge in [0.2, 0.25) is 0 Å². The first-order valence-corrected chi connectivity index (χ1v) is 11.8. The van der Waals surface area contributed by atoms with Crippen LogP contribution >= 0.6 is 0 Å². The molecular weight excluding hydrogens is 475 g/mol. The van der Waals surface area contributed by atoms with E-state index in [0.717, 1.165) is 10.9 Å². The number of para-hydroxylation sites is 1. The van der Waals surface area contributed by atoms with Crippen LogP contribution in [-0.2, 0) is 20.8 Å². The van der Waals surface area contributed by atoms with E-state index in [1.54, 1.807) is 24.1 Å². The molecule has 1 aromatic heterocycles. The van der Waals surface area contributed by atoms with Gasteiger partial charge in [0.1, 0.15) is 35.0 Å². The standard InChI is InChI=1S/C28H25FN4O4/c29-21-7-5-18(6-8-21)13-24(33-28(37)25-15-19-3-1-2-4-23(19)32-25)27(17-36)31-22(10-12-34)14-20-9-11-30-26(20)16-35/h1-8,10,15,20,22,24,30-32H,9,11,13-14H2,(H,33,37)/t20-,22?,24?/m0/s1. The van der Waals surface area contributed by atoms with Crippen molar-refractivity contribution in [3.8, 4) is 0 Å². The zero-order valence-corrected chi connectivity index (χ0v) is 19.8. The lowest BCUT2D eigenvalue weighted by molar-refractivity contribution is 0.0937. The molecule has 4 N–H and O–H groups in total. The van der Waals surface area contributed by atoms with E-state index in [4.69, 9.17) is 0 Å². The molecule has 1 saturated heterocycles. The van der Waals surface area contributed by atoms with Gasteiger partial charge in [0.25, 0.3) is 5.91 Å². The van der Waals surface area contributed by atoms with Gasteiger partial charge in [0, 0.05) is 29.4 Å². The number of allylic oxidation sites excluding steroid dienone is 1. The molecule has 0 radical (unpaired) electrons. The number of amides is 1. The normalized spacial score (nSPS) is 16.0. The average Bonchev–Trinajstić information content (AvgIpc) is 3.55. The van der Waals surface area contributed by atoms with Crippen LogP contribution in [0.2, 0.25) is 0 Å². The first-order chi connectivity index (χ1) is 18.0. The highest BCUT2D eigenvalue weighted by atomic mass is 19.1. The minimum atomic E-state index is -0.868. The summed E-state index contributed by atoms with van der Waals surface area (Å²) in [5.74, 6) is 4.45.